The molecule has 0 saturated heterocycles. The molecular weight excluding hydrogens is 589 g/mol. The van der Waals surface area contributed by atoms with Crippen LogP contribution in [0.15, 0.2) is 46.2 Å². The second kappa shape index (κ2) is 15.6. The van der Waals surface area contributed by atoms with E-state index in [0.29, 0.717) is 23.8 Å². The molecule has 230 valence electrons. The van der Waals surface area contributed by atoms with Crippen LogP contribution in [0.2, 0.25) is 5.02 Å². The third kappa shape index (κ3) is 11.8. The van der Waals surface area contributed by atoms with E-state index in [4.69, 9.17) is 39.4 Å². The van der Waals surface area contributed by atoms with Crippen molar-refractivity contribution in [2.24, 2.45) is 0 Å². The van der Waals surface area contributed by atoms with Crippen LogP contribution in [0, 0.1) is 0 Å². The fourth-order valence-corrected chi connectivity index (χ4v) is 5.79. The molecule has 0 spiro atoms. The lowest BCUT2D eigenvalue weighted by Gasteiger charge is -2.32. The molecule has 2 aromatic rings. The predicted octanol–water partition coefficient (Wildman–Crippen LogP) is 8.23. The van der Waals surface area contributed by atoms with Gasteiger partial charge in [-0.1, -0.05) is 49.3 Å². The van der Waals surface area contributed by atoms with E-state index in [0.717, 1.165) is 21.1 Å². The smallest absolute Gasteiger partial charge is 0.466 e. The highest BCUT2D eigenvalue weighted by Gasteiger charge is 2.34. The van der Waals surface area contributed by atoms with Crippen LogP contribution in [-0.2, 0) is 34.0 Å². The van der Waals surface area contributed by atoms with Gasteiger partial charge in [0.2, 0.25) is 0 Å². The average Bonchev–Trinajstić information content (AvgIpc) is 2.89. The highest BCUT2D eigenvalue weighted by molar-refractivity contribution is 7.99. The molecule has 1 atom stereocenters. The number of carbonyl (C=O) groups excluding carboxylic acids is 1. The van der Waals surface area contributed by atoms with E-state index >= 15 is 0 Å². The maximum absolute atomic E-state index is 12.6. The zero-order valence-electron chi connectivity index (χ0n) is 25.4. The number of ether oxygens (including phenoxy) is 3. The highest BCUT2D eigenvalue weighted by atomic mass is 35.5. The zero-order chi connectivity index (χ0) is 30.8. The summed E-state index contributed by atoms with van der Waals surface area (Å²) in [6.07, 6.45) is 0.271. The molecule has 2 rings (SSSR count). The number of halogens is 1. The molecule has 1 unspecified atom stereocenters. The minimum atomic E-state index is -3.77. The Balaban J connectivity index is 2.23. The van der Waals surface area contributed by atoms with Gasteiger partial charge in [-0.25, -0.2) is 9.36 Å². The van der Waals surface area contributed by atoms with E-state index in [9.17, 15) is 9.36 Å². The third-order valence-electron chi connectivity index (χ3n) is 5.96. The molecule has 2 aromatic carbocycles. The first-order chi connectivity index (χ1) is 19.1. The van der Waals surface area contributed by atoms with E-state index in [1.807, 2.05) is 24.3 Å². The molecule has 9 nitrogen and oxygen atoms in total. The Bertz CT molecular complexity index is 1200. The summed E-state index contributed by atoms with van der Waals surface area (Å²) in [5.41, 5.74) is 0.406. The van der Waals surface area contributed by atoms with Gasteiger partial charge in [-0.3, -0.25) is 13.6 Å². The fourth-order valence-electron chi connectivity index (χ4n) is 3.66. The van der Waals surface area contributed by atoms with Crippen molar-refractivity contribution < 1.29 is 37.1 Å². The second-order valence-electron chi connectivity index (χ2n) is 11.0. The van der Waals surface area contributed by atoms with Crippen LogP contribution in [0.3, 0.4) is 0 Å². The van der Waals surface area contributed by atoms with Crippen molar-refractivity contribution in [3.8, 4) is 5.75 Å². The van der Waals surface area contributed by atoms with Crippen LogP contribution in [-0.4, -0.2) is 52.0 Å². The molecule has 0 heterocycles. The first kappa shape index (κ1) is 35.4. The molecule has 12 heteroatoms. The molecule has 0 bridgehead atoms. The normalized spacial score (nSPS) is 13.6. The SMILES string of the molecule is COCOc1ccc(C(C)C)cc1Sc1ccc(CCC(C)(COP(=O)(OC)OC)NC(=O)OC(C)(C)C)c(Cl)c1. The van der Waals surface area contributed by atoms with Crippen molar-refractivity contribution in [3.05, 3.63) is 52.5 Å². The zero-order valence-corrected chi connectivity index (χ0v) is 27.8. The maximum atomic E-state index is 12.6. The number of nitrogens with one attached hydrogen (secondary N) is 1. The van der Waals surface area contributed by atoms with E-state index in [2.05, 4.69) is 31.3 Å². The predicted molar refractivity (Wildman–Crippen MR) is 162 cm³/mol. The lowest BCUT2D eigenvalue weighted by molar-refractivity contribution is 0.0389. The van der Waals surface area contributed by atoms with Gasteiger partial charge in [-0.2, -0.15) is 0 Å². The van der Waals surface area contributed by atoms with Gasteiger partial charge >= 0.3 is 13.9 Å². The Hall–Kier alpha value is -1.78. The van der Waals surface area contributed by atoms with Gasteiger partial charge in [-0.15, -0.1) is 0 Å². The number of phosphoric acid groups is 1. The number of aryl methyl sites for hydroxylation is 1. The Morgan fingerprint density at radius 1 is 1.05 bits per heavy atom. The minimum absolute atomic E-state index is 0.146. The number of carbonyl (C=O) groups is 1. The van der Waals surface area contributed by atoms with Crippen LogP contribution in [0.25, 0.3) is 0 Å². The van der Waals surface area contributed by atoms with Crippen LogP contribution in [0.4, 0.5) is 4.79 Å². The number of benzene rings is 2. The van der Waals surface area contributed by atoms with E-state index in [-0.39, 0.29) is 13.4 Å². The number of alkyl carbamates (subject to hydrolysis) is 1. The Morgan fingerprint density at radius 2 is 1.73 bits per heavy atom. The summed E-state index contributed by atoms with van der Waals surface area (Å²) < 4.78 is 44.1. The number of amides is 1. The number of methoxy groups -OCH3 is 1. The average molecular weight is 632 g/mol. The topological polar surface area (TPSA) is 102 Å². The second-order valence-corrected chi connectivity index (χ2v) is 14.4. The highest BCUT2D eigenvalue weighted by Crippen LogP contribution is 2.48. The molecule has 0 aliphatic rings. The summed E-state index contributed by atoms with van der Waals surface area (Å²) in [7, 11) is 0.278. The van der Waals surface area contributed by atoms with Crippen molar-refractivity contribution in [2.45, 2.75) is 81.2 Å². The van der Waals surface area contributed by atoms with Gasteiger partial charge in [0, 0.05) is 31.2 Å². The molecule has 0 saturated carbocycles. The number of hydrogen-bond donors (Lipinski definition) is 1. The van der Waals surface area contributed by atoms with Crippen LogP contribution in [0.5, 0.6) is 5.75 Å². The summed E-state index contributed by atoms with van der Waals surface area (Å²) in [5.74, 6) is 1.10. The van der Waals surface area contributed by atoms with Gasteiger partial charge in [0.15, 0.2) is 6.79 Å². The maximum Gasteiger partial charge on any atom is 0.474 e. The van der Waals surface area contributed by atoms with Crippen molar-refractivity contribution >= 4 is 37.3 Å². The van der Waals surface area contributed by atoms with Gasteiger partial charge in [-0.05, 0) is 81.8 Å². The van der Waals surface area contributed by atoms with Gasteiger partial charge in [0.05, 0.1) is 17.0 Å². The molecule has 1 amide bonds. The van der Waals surface area contributed by atoms with E-state index < -0.39 is 25.1 Å². The van der Waals surface area contributed by atoms with Gasteiger partial charge in [0.25, 0.3) is 0 Å². The standard InChI is InChI=1S/C29H43ClNO8PS/c1-20(2)22-11-13-25(37-19-34-7)26(16-22)41-23-12-10-21(24(30)17-23)14-15-29(6,18-38-40(33,35-8)36-9)31-27(32)39-28(3,4)5/h10-13,16-17,20H,14-15,18-19H2,1-9H3,(H,31,32). The molecule has 0 aliphatic carbocycles. The lowest BCUT2D eigenvalue weighted by Crippen LogP contribution is -2.51. The first-order valence-electron chi connectivity index (χ1n) is 13.2. The largest absolute Gasteiger partial charge is 0.474 e. The van der Waals surface area contributed by atoms with Crippen LogP contribution in [0.1, 0.15) is 65.0 Å². The van der Waals surface area contributed by atoms with E-state index in [1.165, 1.54) is 19.8 Å². The Morgan fingerprint density at radius 3 is 2.29 bits per heavy atom. The van der Waals surface area contributed by atoms with Gasteiger partial charge < -0.3 is 19.5 Å². The molecule has 0 fully saturated rings. The molecular formula is C29H43ClNO8PS. The summed E-state index contributed by atoms with van der Waals surface area (Å²) in [5, 5.41) is 3.43. The summed E-state index contributed by atoms with van der Waals surface area (Å²) in [4.78, 5) is 14.5. The van der Waals surface area contributed by atoms with Crippen molar-refractivity contribution in [1.82, 2.24) is 5.32 Å². The van der Waals surface area contributed by atoms with Crippen LogP contribution >= 0.6 is 31.2 Å². The monoisotopic (exact) mass is 631 g/mol. The molecule has 41 heavy (non-hydrogen) atoms. The Kier molecular flexibility index (Phi) is 13.5. The lowest BCUT2D eigenvalue weighted by atomic mass is 9.94. The number of phosphoric ester groups is 1. The molecule has 0 aromatic heterocycles. The van der Waals surface area contributed by atoms with E-state index in [1.54, 1.807) is 46.6 Å². The van der Waals surface area contributed by atoms with Crippen LogP contribution < -0.4 is 10.1 Å². The van der Waals surface area contributed by atoms with Crippen molar-refractivity contribution in [1.29, 1.82) is 0 Å². The third-order valence-corrected chi connectivity index (χ3v) is 8.68. The molecule has 0 aliphatic heterocycles. The van der Waals surface area contributed by atoms with Crippen molar-refractivity contribution in [3.63, 3.8) is 0 Å². The summed E-state index contributed by atoms with van der Waals surface area (Å²) in [6, 6.07) is 12.0. The quantitative estimate of drug-likeness (QED) is 0.154. The van der Waals surface area contributed by atoms with Gasteiger partial charge in [0.1, 0.15) is 11.4 Å². The first-order valence-corrected chi connectivity index (χ1v) is 15.9. The summed E-state index contributed by atoms with van der Waals surface area (Å²) in [6.45, 7) is 11.4. The molecule has 0 radical (unpaired) electrons. The fraction of sp³-hybridized carbons (Fsp3) is 0.552. The molecule has 1 N–H and O–H groups in total. The summed E-state index contributed by atoms with van der Waals surface area (Å²) >= 11 is 8.28. The Labute approximate surface area is 253 Å². The van der Waals surface area contributed by atoms with Crippen molar-refractivity contribution in [2.75, 3.05) is 34.7 Å². The number of hydrogen-bond acceptors (Lipinski definition) is 9. The minimum Gasteiger partial charge on any atom is -0.466 e. The number of rotatable bonds is 15.